The van der Waals surface area contributed by atoms with Crippen LogP contribution in [0.4, 0.5) is 0 Å². The Morgan fingerprint density at radius 2 is 2.20 bits per heavy atom. The van der Waals surface area contributed by atoms with Gasteiger partial charge in [0.25, 0.3) is 0 Å². The normalized spacial score (nSPS) is 21.4. The largest absolute Gasteiger partial charge is 0.481 e. The smallest absolute Gasteiger partial charge is 0.307 e. The maximum absolute atomic E-state index is 12.1. The van der Waals surface area contributed by atoms with Crippen molar-refractivity contribution in [2.75, 3.05) is 7.11 Å². The van der Waals surface area contributed by atoms with Crippen LogP contribution >= 0.6 is 0 Å². The van der Waals surface area contributed by atoms with Gasteiger partial charge in [-0.25, -0.2) is 4.98 Å². The second-order valence-electron chi connectivity index (χ2n) is 4.87. The Kier molecular flexibility index (Phi) is 4.55. The second kappa shape index (κ2) is 6.36. The number of carbonyl (C=O) groups is 2. The lowest BCUT2D eigenvalue weighted by Gasteiger charge is -2.16. The Balaban J connectivity index is 1.97. The quantitative estimate of drug-likeness (QED) is 0.845. The fourth-order valence-electron chi connectivity index (χ4n) is 2.63. The molecule has 2 atom stereocenters. The molecule has 0 saturated heterocycles. The van der Waals surface area contributed by atoms with Crippen molar-refractivity contribution in [3.05, 3.63) is 23.9 Å². The molecule has 1 aromatic rings. The van der Waals surface area contributed by atoms with E-state index in [-0.39, 0.29) is 5.91 Å². The van der Waals surface area contributed by atoms with Gasteiger partial charge in [-0.1, -0.05) is 12.5 Å². The third-order valence-electron chi connectivity index (χ3n) is 3.67. The van der Waals surface area contributed by atoms with E-state index in [0.29, 0.717) is 25.3 Å². The van der Waals surface area contributed by atoms with Gasteiger partial charge in [-0.3, -0.25) is 9.59 Å². The highest BCUT2D eigenvalue weighted by Gasteiger charge is 2.37. The van der Waals surface area contributed by atoms with E-state index in [2.05, 4.69) is 10.3 Å². The van der Waals surface area contributed by atoms with Crippen molar-refractivity contribution in [2.45, 2.75) is 25.8 Å². The minimum absolute atomic E-state index is 0.208. The predicted molar refractivity (Wildman–Crippen MR) is 71.1 cm³/mol. The molecule has 108 valence electrons. The number of aliphatic carboxylic acids is 1. The summed E-state index contributed by atoms with van der Waals surface area (Å²) < 4.78 is 5.11. The van der Waals surface area contributed by atoms with Crippen LogP contribution in [0, 0.1) is 11.8 Å². The summed E-state index contributed by atoms with van der Waals surface area (Å²) in [6.07, 6.45) is 3.60. The number of amides is 1. The predicted octanol–water partition coefficient (Wildman–Crippen LogP) is 1.21. The van der Waals surface area contributed by atoms with E-state index in [0.717, 1.165) is 12.0 Å². The second-order valence-corrected chi connectivity index (χ2v) is 4.87. The van der Waals surface area contributed by atoms with E-state index < -0.39 is 17.8 Å². The number of nitrogens with zero attached hydrogens (tertiary/aromatic N) is 1. The fourth-order valence-corrected chi connectivity index (χ4v) is 2.63. The molecule has 0 spiro atoms. The molecule has 0 radical (unpaired) electrons. The number of methoxy groups -OCH3 is 1. The molecule has 0 aliphatic heterocycles. The van der Waals surface area contributed by atoms with Crippen molar-refractivity contribution in [1.82, 2.24) is 10.3 Å². The van der Waals surface area contributed by atoms with Gasteiger partial charge in [-0.2, -0.15) is 0 Å². The van der Waals surface area contributed by atoms with Crippen molar-refractivity contribution in [3.8, 4) is 5.88 Å². The number of ether oxygens (including phenoxy) is 1. The van der Waals surface area contributed by atoms with Gasteiger partial charge in [0.05, 0.1) is 18.9 Å². The fraction of sp³-hybridized carbons (Fsp3) is 0.500. The van der Waals surface area contributed by atoms with Gasteiger partial charge in [-0.15, -0.1) is 0 Å². The summed E-state index contributed by atoms with van der Waals surface area (Å²) in [5, 5.41) is 11.9. The summed E-state index contributed by atoms with van der Waals surface area (Å²) in [5.74, 6) is -1.63. The van der Waals surface area contributed by atoms with E-state index in [1.165, 1.54) is 7.11 Å². The molecule has 1 aromatic heterocycles. The van der Waals surface area contributed by atoms with Gasteiger partial charge in [0.1, 0.15) is 0 Å². The first-order chi connectivity index (χ1) is 9.63. The number of carbonyl (C=O) groups excluding carboxylic acids is 1. The molecule has 0 bridgehead atoms. The van der Waals surface area contributed by atoms with E-state index in [4.69, 9.17) is 9.84 Å². The molecule has 6 heteroatoms. The highest BCUT2D eigenvalue weighted by atomic mass is 16.5. The zero-order valence-corrected chi connectivity index (χ0v) is 11.3. The molecule has 2 rings (SSSR count). The molecular formula is C14H18N2O4. The number of pyridine rings is 1. The molecule has 1 fully saturated rings. The minimum atomic E-state index is -0.887. The molecule has 0 aromatic carbocycles. The first-order valence-electron chi connectivity index (χ1n) is 6.62. The standard InChI is InChI=1S/C14H18N2O4/c1-20-13-9(4-3-7-15-13)8-16-12(17)10-5-2-6-11(10)14(18)19/h3-4,7,10-11H,2,5-6,8H2,1H3,(H,16,17)(H,18,19)/t10-,11+/m1/s1. The molecule has 1 aliphatic carbocycles. The molecule has 1 aliphatic rings. The molecular weight excluding hydrogens is 260 g/mol. The lowest BCUT2D eigenvalue weighted by Crippen LogP contribution is -2.35. The Morgan fingerprint density at radius 1 is 1.45 bits per heavy atom. The summed E-state index contributed by atoms with van der Waals surface area (Å²) in [5.41, 5.74) is 0.772. The average molecular weight is 278 g/mol. The molecule has 2 N–H and O–H groups in total. The van der Waals surface area contributed by atoms with Crippen LogP contribution in [0.15, 0.2) is 18.3 Å². The highest BCUT2D eigenvalue weighted by Crippen LogP contribution is 2.32. The van der Waals surface area contributed by atoms with Gasteiger partial charge < -0.3 is 15.2 Å². The Hall–Kier alpha value is -2.11. The zero-order chi connectivity index (χ0) is 14.5. The van der Waals surface area contributed by atoms with E-state index >= 15 is 0 Å². The van der Waals surface area contributed by atoms with Crippen LogP contribution in [-0.4, -0.2) is 29.1 Å². The van der Waals surface area contributed by atoms with Gasteiger partial charge in [0.15, 0.2) is 0 Å². The van der Waals surface area contributed by atoms with E-state index in [9.17, 15) is 9.59 Å². The van der Waals surface area contributed by atoms with Gasteiger partial charge in [0, 0.05) is 18.3 Å². The molecule has 6 nitrogen and oxygen atoms in total. The summed E-state index contributed by atoms with van der Waals surface area (Å²) in [6.45, 7) is 0.290. The Labute approximate surface area is 117 Å². The van der Waals surface area contributed by atoms with Crippen molar-refractivity contribution in [2.24, 2.45) is 11.8 Å². The van der Waals surface area contributed by atoms with Gasteiger partial charge in [-0.05, 0) is 18.9 Å². The van der Waals surface area contributed by atoms with E-state index in [1.807, 2.05) is 6.07 Å². The summed E-state index contributed by atoms with van der Waals surface area (Å²) in [7, 11) is 1.52. The maximum Gasteiger partial charge on any atom is 0.307 e. The van der Waals surface area contributed by atoms with Crippen LogP contribution in [0.5, 0.6) is 5.88 Å². The van der Waals surface area contributed by atoms with Crippen LogP contribution in [-0.2, 0) is 16.1 Å². The van der Waals surface area contributed by atoms with Crippen LogP contribution in [0.2, 0.25) is 0 Å². The first-order valence-corrected chi connectivity index (χ1v) is 6.62. The van der Waals surface area contributed by atoms with Crippen molar-refractivity contribution < 1.29 is 19.4 Å². The number of rotatable bonds is 5. The van der Waals surface area contributed by atoms with Gasteiger partial charge in [0.2, 0.25) is 11.8 Å². The maximum atomic E-state index is 12.1. The van der Waals surface area contributed by atoms with Crippen LogP contribution in [0.1, 0.15) is 24.8 Å². The summed E-state index contributed by atoms with van der Waals surface area (Å²) >= 11 is 0. The highest BCUT2D eigenvalue weighted by molar-refractivity contribution is 5.85. The van der Waals surface area contributed by atoms with Crippen LogP contribution in [0.25, 0.3) is 0 Å². The number of hydrogen-bond acceptors (Lipinski definition) is 4. The van der Waals surface area contributed by atoms with Crippen LogP contribution < -0.4 is 10.1 Å². The Morgan fingerprint density at radius 3 is 2.90 bits per heavy atom. The monoisotopic (exact) mass is 278 g/mol. The van der Waals surface area contributed by atoms with Crippen molar-refractivity contribution in [3.63, 3.8) is 0 Å². The molecule has 1 amide bonds. The van der Waals surface area contributed by atoms with Crippen LogP contribution in [0.3, 0.4) is 0 Å². The van der Waals surface area contributed by atoms with Crippen molar-refractivity contribution in [1.29, 1.82) is 0 Å². The molecule has 0 unspecified atom stereocenters. The first kappa shape index (κ1) is 14.3. The number of aromatic nitrogens is 1. The van der Waals surface area contributed by atoms with Crippen molar-refractivity contribution >= 4 is 11.9 Å². The lowest BCUT2D eigenvalue weighted by atomic mass is 9.95. The number of hydrogen-bond donors (Lipinski definition) is 2. The number of carboxylic acid groups (broad SMARTS) is 1. The zero-order valence-electron chi connectivity index (χ0n) is 11.3. The SMILES string of the molecule is COc1ncccc1CNC(=O)[C@@H]1CCC[C@@H]1C(=O)O. The number of nitrogens with one attached hydrogen (secondary N) is 1. The minimum Gasteiger partial charge on any atom is -0.481 e. The third kappa shape index (κ3) is 3.07. The summed E-state index contributed by atoms with van der Waals surface area (Å²) in [4.78, 5) is 27.2. The molecule has 1 heterocycles. The Bertz CT molecular complexity index is 504. The lowest BCUT2D eigenvalue weighted by molar-refractivity contribution is -0.146. The van der Waals surface area contributed by atoms with Gasteiger partial charge >= 0.3 is 5.97 Å². The third-order valence-corrected chi connectivity index (χ3v) is 3.67. The molecule has 20 heavy (non-hydrogen) atoms. The summed E-state index contributed by atoms with van der Waals surface area (Å²) in [6, 6.07) is 3.58. The molecule has 1 saturated carbocycles. The average Bonchev–Trinajstić information content (AvgIpc) is 2.94. The topological polar surface area (TPSA) is 88.5 Å². The van der Waals surface area contributed by atoms with E-state index in [1.54, 1.807) is 12.3 Å². The number of carboxylic acids is 1.